The summed E-state index contributed by atoms with van der Waals surface area (Å²) in [5.74, 6) is 0.788. The molecule has 0 spiro atoms. The largest absolute Gasteiger partial charge is 0.342 e. The van der Waals surface area contributed by atoms with Crippen molar-refractivity contribution in [3.05, 3.63) is 40.3 Å². The van der Waals surface area contributed by atoms with E-state index >= 15 is 0 Å². The number of fused-ring (bicyclic) bond motifs is 1. The van der Waals surface area contributed by atoms with Crippen LogP contribution in [0.25, 0.3) is 11.5 Å². The molecule has 0 aliphatic heterocycles. The van der Waals surface area contributed by atoms with E-state index in [2.05, 4.69) is 15.0 Å². The molecule has 1 aliphatic carbocycles. The van der Waals surface area contributed by atoms with Gasteiger partial charge in [-0.15, -0.1) is 0 Å². The molecule has 17 heavy (non-hydrogen) atoms. The zero-order valence-electron chi connectivity index (χ0n) is 9.44. The molecule has 0 amide bonds. The van der Waals surface area contributed by atoms with Crippen LogP contribution in [0.5, 0.6) is 0 Å². The Hall–Kier alpha value is -1.55. The number of hydrogen-bond acceptors (Lipinski definition) is 3. The second-order valence-corrected chi connectivity index (χ2v) is 4.66. The van der Waals surface area contributed by atoms with Gasteiger partial charge in [-0.05, 0) is 37.8 Å². The molecular formula is C13H13N3S. The number of pyridine rings is 1. The molecule has 2 aromatic rings. The Kier molecular flexibility index (Phi) is 2.73. The zero-order valence-corrected chi connectivity index (χ0v) is 10.3. The van der Waals surface area contributed by atoms with Crippen LogP contribution in [0, 0.1) is 4.64 Å². The highest BCUT2D eigenvalue weighted by atomic mass is 32.1. The van der Waals surface area contributed by atoms with Crippen molar-refractivity contribution in [3.8, 4) is 11.5 Å². The van der Waals surface area contributed by atoms with Crippen molar-refractivity contribution >= 4 is 12.2 Å². The van der Waals surface area contributed by atoms with Gasteiger partial charge in [0.25, 0.3) is 0 Å². The fraction of sp³-hybridized carbons (Fsp3) is 0.308. The predicted molar refractivity (Wildman–Crippen MR) is 69.3 cm³/mol. The summed E-state index contributed by atoms with van der Waals surface area (Å²) in [6.45, 7) is 0. The quantitative estimate of drug-likeness (QED) is 0.783. The lowest BCUT2D eigenvalue weighted by Crippen LogP contribution is -2.09. The highest BCUT2D eigenvalue weighted by molar-refractivity contribution is 7.71. The van der Waals surface area contributed by atoms with Crippen LogP contribution in [0.1, 0.15) is 24.1 Å². The van der Waals surface area contributed by atoms with Gasteiger partial charge < -0.3 is 4.98 Å². The summed E-state index contributed by atoms with van der Waals surface area (Å²) in [7, 11) is 0. The maximum atomic E-state index is 5.37. The van der Waals surface area contributed by atoms with Gasteiger partial charge in [0, 0.05) is 17.5 Å². The van der Waals surface area contributed by atoms with Crippen molar-refractivity contribution in [3.63, 3.8) is 0 Å². The highest BCUT2D eigenvalue weighted by Gasteiger charge is 2.14. The van der Waals surface area contributed by atoms with Gasteiger partial charge in [-0.2, -0.15) is 0 Å². The van der Waals surface area contributed by atoms with E-state index in [9.17, 15) is 0 Å². The summed E-state index contributed by atoms with van der Waals surface area (Å²) in [5.41, 5.74) is 3.33. The third-order valence-corrected chi connectivity index (χ3v) is 3.45. The summed E-state index contributed by atoms with van der Waals surface area (Å²) in [6.07, 6.45) is 6.34. The molecule has 0 fully saturated rings. The first-order valence-corrected chi connectivity index (χ1v) is 6.29. The van der Waals surface area contributed by atoms with Gasteiger partial charge in [0.2, 0.25) is 0 Å². The van der Waals surface area contributed by atoms with E-state index < -0.39 is 0 Å². The van der Waals surface area contributed by atoms with Crippen LogP contribution >= 0.6 is 12.2 Å². The molecule has 0 unspecified atom stereocenters. The van der Waals surface area contributed by atoms with E-state index in [4.69, 9.17) is 12.2 Å². The lowest BCUT2D eigenvalue weighted by atomic mass is 9.97. The molecule has 0 radical (unpaired) electrons. The molecule has 0 aromatic carbocycles. The minimum absolute atomic E-state index is 0.735. The summed E-state index contributed by atoms with van der Waals surface area (Å²) < 4.78 is 0.735. The van der Waals surface area contributed by atoms with Crippen molar-refractivity contribution in [2.75, 3.05) is 0 Å². The molecule has 2 heterocycles. The number of nitrogens with one attached hydrogen (secondary N) is 1. The van der Waals surface area contributed by atoms with Gasteiger partial charge in [0.05, 0.1) is 0 Å². The summed E-state index contributed by atoms with van der Waals surface area (Å²) in [6, 6.07) is 5.81. The van der Waals surface area contributed by atoms with Crippen LogP contribution in [-0.2, 0) is 12.8 Å². The number of aromatic nitrogens is 3. The van der Waals surface area contributed by atoms with Gasteiger partial charge in [0.1, 0.15) is 10.3 Å². The second-order valence-electron chi connectivity index (χ2n) is 4.27. The first kappa shape index (κ1) is 10.6. The molecule has 4 heteroatoms. The van der Waals surface area contributed by atoms with Crippen molar-refractivity contribution < 1.29 is 0 Å². The first-order valence-electron chi connectivity index (χ1n) is 5.88. The summed E-state index contributed by atoms with van der Waals surface area (Å²) >= 11 is 5.37. The van der Waals surface area contributed by atoms with Crippen LogP contribution in [0.4, 0.5) is 0 Å². The number of hydrogen-bond donors (Lipinski definition) is 1. The van der Waals surface area contributed by atoms with Crippen molar-refractivity contribution in [1.29, 1.82) is 0 Å². The smallest absolute Gasteiger partial charge is 0.157 e. The van der Waals surface area contributed by atoms with Gasteiger partial charge in [-0.25, -0.2) is 4.98 Å². The molecule has 0 bridgehead atoms. The molecule has 0 saturated heterocycles. The Balaban J connectivity index is 2.14. The average Bonchev–Trinajstić information content (AvgIpc) is 2.40. The Morgan fingerprint density at radius 3 is 2.88 bits per heavy atom. The zero-order chi connectivity index (χ0) is 11.7. The minimum atomic E-state index is 0.735. The topological polar surface area (TPSA) is 41.6 Å². The number of H-pyrrole nitrogens is 1. The van der Waals surface area contributed by atoms with Crippen LogP contribution < -0.4 is 0 Å². The fourth-order valence-corrected chi connectivity index (χ4v) is 2.56. The number of rotatable bonds is 1. The number of aromatic amines is 1. The Morgan fingerprint density at radius 2 is 2.06 bits per heavy atom. The lowest BCUT2D eigenvalue weighted by molar-refractivity contribution is 0.661. The maximum absolute atomic E-state index is 5.37. The van der Waals surface area contributed by atoms with Crippen molar-refractivity contribution in [2.45, 2.75) is 25.7 Å². The van der Waals surface area contributed by atoms with Gasteiger partial charge in [0.15, 0.2) is 5.82 Å². The molecular weight excluding hydrogens is 230 g/mol. The highest BCUT2D eigenvalue weighted by Crippen LogP contribution is 2.22. The standard InChI is InChI=1S/C13H13N3S/c17-13-9-5-1-2-6-10(9)15-12(16-13)11-7-3-4-8-14-11/h3-4,7-8H,1-2,5-6H2,(H,15,16,17). The first-order chi connectivity index (χ1) is 8.34. The van der Waals surface area contributed by atoms with Gasteiger partial charge in [-0.3, -0.25) is 4.98 Å². The monoisotopic (exact) mass is 243 g/mol. The lowest BCUT2D eigenvalue weighted by Gasteiger charge is -2.16. The summed E-state index contributed by atoms with van der Waals surface area (Å²) in [4.78, 5) is 12.1. The minimum Gasteiger partial charge on any atom is -0.342 e. The number of aryl methyl sites for hydroxylation is 1. The molecule has 3 rings (SSSR count). The van der Waals surface area contributed by atoms with E-state index in [1.807, 2.05) is 18.2 Å². The molecule has 3 nitrogen and oxygen atoms in total. The van der Waals surface area contributed by atoms with Crippen LogP contribution in [0.15, 0.2) is 24.4 Å². The van der Waals surface area contributed by atoms with E-state index in [0.29, 0.717) is 0 Å². The van der Waals surface area contributed by atoms with Gasteiger partial charge in [-0.1, -0.05) is 18.3 Å². The normalized spacial score (nSPS) is 14.4. The van der Waals surface area contributed by atoms with Crippen LogP contribution in [-0.4, -0.2) is 15.0 Å². The predicted octanol–water partition coefficient (Wildman–Crippen LogP) is 3.08. The molecule has 0 saturated carbocycles. The van der Waals surface area contributed by atoms with E-state index in [1.165, 1.54) is 24.1 Å². The SMILES string of the molecule is S=c1nc(-c2ccccn2)[nH]c2c1CCCC2. The Labute approximate surface area is 105 Å². The fourth-order valence-electron chi connectivity index (χ4n) is 2.24. The number of nitrogens with zero attached hydrogens (tertiary/aromatic N) is 2. The Bertz CT molecular complexity index is 589. The molecule has 1 aliphatic rings. The molecule has 86 valence electrons. The van der Waals surface area contributed by atoms with Crippen LogP contribution in [0.2, 0.25) is 0 Å². The maximum Gasteiger partial charge on any atom is 0.157 e. The average molecular weight is 243 g/mol. The van der Waals surface area contributed by atoms with Crippen molar-refractivity contribution in [1.82, 2.24) is 15.0 Å². The third kappa shape index (κ3) is 2.00. The summed E-state index contributed by atoms with van der Waals surface area (Å²) in [5, 5.41) is 0. The molecule has 1 N–H and O–H groups in total. The van der Waals surface area contributed by atoms with Gasteiger partial charge >= 0.3 is 0 Å². The molecule has 2 aromatic heterocycles. The van der Waals surface area contributed by atoms with E-state index in [0.717, 1.165) is 29.0 Å². The van der Waals surface area contributed by atoms with Crippen LogP contribution in [0.3, 0.4) is 0 Å². The molecule has 0 atom stereocenters. The second kappa shape index (κ2) is 4.37. The van der Waals surface area contributed by atoms with E-state index in [-0.39, 0.29) is 0 Å². The third-order valence-electron chi connectivity index (χ3n) is 3.12. The Morgan fingerprint density at radius 1 is 1.18 bits per heavy atom. The van der Waals surface area contributed by atoms with Crippen molar-refractivity contribution in [2.24, 2.45) is 0 Å². The van der Waals surface area contributed by atoms with E-state index in [1.54, 1.807) is 6.20 Å².